The molecular formula is C16H21NO2. The first-order valence-electron chi connectivity index (χ1n) is 7.27. The fraction of sp³-hybridized carbons (Fsp3) is 0.562. The molecule has 0 saturated carbocycles. The molecule has 102 valence electrons. The number of benzene rings is 1. The number of carbonyl (C=O) groups is 1. The number of epoxide rings is 1. The second kappa shape index (κ2) is 5.74. The van der Waals surface area contributed by atoms with E-state index in [-0.39, 0.29) is 12.0 Å². The first-order chi connectivity index (χ1) is 9.33. The number of amides is 1. The van der Waals surface area contributed by atoms with Crippen LogP contribution < -0.4 is 0 Å². The molecule has 0 aliphatic carbocycles. The van der Waals surface area contributed by atoms with Crippen LogP contribution in [0.4, 0.5) is 0 Å². The zero-order chi connectivity index (χ0) is 13.1. The first-order valence-corrected chi connectivity index (χ1v) is 7.27. The van der Waals surface area contributed by atoms with Gasteiger partial charge in [-0.1, -0.05) is 30.3 Å². The van der Waals surface area contributed by atoms with Gasteiger partial charge >= 0.3 is 0 Å². The summed E-state index contributed by atoms with van der Waals surface area (Å²) in [5.74, 6) is 0.978. The second-order valence-electron chi connectivity index (χ2n) is 5.61. The van der Waals surface area contributed by atoms with Gasteiger partial charge in [0, 0.05) is 13.1 Å². The molecule has 19 heavy (non-hydrogen) atoms. The minimum Gasteiger partial charge on any atom is -0.363 e. The monoisotopic (exact) mass is 259 g/mol. The molecule has 3 rings (SSSR count). The van der Waals surface area contributed by atoms with Gasteiger partial charge in [0.2, 0.25) is 0 Å². The first kappa shape index (κ1) is 12.7. The Labute approximate surface area is 114 Å². The standard InChI is InChI=1S/C16H21NO2/c18-16(15-12-19-15)17-10-8-14(9-11-17)7-6-13-4-2-1-3-5-13/h1-5,14-15H,6-12H2. The van der Waals surface area contributed by atoms with Crippen LogP contribution in [0.5, 0.6) is 0 Å². The number of hydrogen-bond acceptors (Lipinski definition) is 2. The van der Waals surface area contributed by atoms with E-state index in [1.807, 2.05) is 4.90 Å². The molecule has 0 bridgehead atoms. The van der Waals surface area contributed by atoms with Crippen LogP contribution in [0, 0.1) is 5.92 Å². The lowest BCUT2D eigenvalue weighted by Gasteiger charge is -2.31. The van der Waals surface area contributed by atoms with Crippen LogP contribution in [0.25, 0.3) is 0 Å². The molecule has 0 aromatic heterocycles. The summed E-state index contributed by atoms with van der Waals surface area (Å²) in [6, 6.07) is 10.7. The van der Waals surface area contributed by atoms with Gasteiger partial charge in [-0.25, -0.2) is 0 Å². The zero-order valence-electron chi connectivity index (χ0n) is 11.3. The number of piperidine rings is 1. The Balaban J connectivity index is 1.41. The van der Waals surface area contributed by atoms with Crippen LogP contribution in [-0.2, 0) is 16.0 Å². The number of carbonyl (C=O) groups excluding carboxylic acids is 1. The van der Waals surface area contributed by atoms with Crippen molar-refractivity contribution < 1.29 is 9.53 Å². The Morgan fingerprint density at radius 2 is 1.89 bits per heavy atom. The fourth-order valence-corrected chi connectivity index (χ4v) is 2.85. The topological polar surface area (TPSA) is 32.8 Å². The zero-order valence-corrected chi connectivity index (χ0v) is 11.3. The maximum Gasteiger partial charge on any atom is 0.254 e. The molecule has 1 aromatic carbocycles. The summed E-state index contributed by atoms with van der Waals surface area (Å²) in [7, 11) is 0. The van der Waals surface area contributed by atoms with Crippen molar-refractivity contribution in [2.24, 2.45) is 5.92 Å². The minimum absolute atomic E-state index is 0.110. The third-order valence-corrected chi connectivity index (χ3v) is 4.22. The van der Waals surface area contributed by atoms with E-state index in [0.29, 0.717) is 6.61 Å². The average Bonchev–Trinajstić information content (AvgIpc) is 3.31. The van der Waals surface area contributed by atoms with Crippen molar-refractivity contribution in [1.82, 2.24) is 4.90 Å². The molecule has 1 atom stereocenters. The van der Waals surface area contributed by atoms with Crippen molar-refractivity contribution >= 4 is 5.91 Å². The molecule has 2 saturated heterocycles. The normalized spacial score (nSPS) is 23.4. The maximum absolute atomic E-state index is 11.8. The molecule has 3 heteroatoms. The molecule has 2 aliphatic rings. The lowest BCUT2D eigenvalue weighted by atomic mass is 9.90. The molecular weight excluding hydrogens is 238 g/mol. The highest BCUT2D eigenvalue weighted by molar-refractivity contribution is 5.83. The summed E-state index contributed by atoms with van der Waals surface area (Å²) in [6.45, 7) is 2.46. The van der Waals surface area contributed by atoms with Gasteiger partial charge in [0.25, 0.3) is 5.91 Å². The van der Waals surface area contributed by atoms with Crippen molar-refractivity contribution in [3.63, 3.8) is 0 Å². The van der Waals surface area contributed by atoms with E-state index in [1.54, 1.807) is 0 Å². The molecule has 0 radical (unpaired) electrons. The summed E-state index contributed by atoms with van der Waals surface area (Å²) >= 11 is 0. The largest absolute Gasteiger partial charge is 0.363 e. The van der Waals surface area contributed by atoms with Gasteiger partial charge in [-0.05, 0) is 37.2 Å². The molecule has 2 aliphatic heterocycles. The fourth-order valence-electron chi connectivity index (χ4n) is 2.85. The molecule has 1 aromatic rings. The van der Waals surface area contributed by atoms with E-state index in [9.17, 15) is 4.79 Å². The van der Waals surface area contributed by atoms with E-state index < -0.39 is 0 Å². The number of nitrogens with zero attached hydrogens (tertiary/aromatic N) is 1. The summed E-state index contributed by atoms with van der Waals surface area (Å²) in [5.41, 5.74) is 1.42. The van der Waals surface area contributed by atoms with Crippen molar-refractivity contribution in [1.29, 1.82) is 0 Å². The van der Waals surface area contributed by atoms with Gasteiger partial charge in [-0.3, -0.25) is 4.79 Å². The van der Waals surface area contributed by atoms with Gasteiger partial charge in [-0.15, -0.1) is 0 Å². The summed E-state index contributed by atoms with van der Waals surface area (Å²) in [5, 5.41) is 0. The highest BCUT2D eigenvalue weighted by Crippen LogP contribution is 2.24. The smallest absolute Gasteiger partial charge is 0.254 e. The van der Waals surface area contributed by atoms with Crippen LogP contribution in [0.3, 0.4) is 0 Å². The predicted molar refractivity (Wildman–Crippen MR) is 73.8 cm³/mol. The summed E-state index contributed by atoms with van der Waals surface area (Å²) < 4.78 is 5.06. The Morgan fingerprint density at radius 3 is 2.53 bits per heavy atom. The van der Waals surface area contributed by atoms with Crippen molar-refractivity contribution in [3.05, 3.63) is 35.9 Å². The highest BCUT2D eigenvalue weighted by atomic mass is 16.6. The Kier molecular flexibility index (Phi) is 3.83. The van der Waals surface area contributed by atoms with E-state index in [4.69, 9.17) is 4.74 Å². The molecule has 0 spiro atoms. The summed E-state index contributed by atoms with van der Waals surface area (Å²) in [6.07, 6.45) is 4.58. The third kappa shape index (κ3) is 3.35. The number of ether oxygens (including phenoxy) is 1. The van der Waals surface area contributed by atoms with E-state index >= 15 is 0 Å². The van der Waals surface area contributed by atoms with Crippen molar-refractivity contribution in [2.75, 3.05) is 19.7 Å². The molecule has 1 amide bonds. The van der Waals surface area contributed by atoms with Gasteiger partial charge in [0.1, 0.15) is 0 Å². The molecule has 0 N–H and O–H groups in total. The maximum atomic E-state index is 11.8. The molecule has 3 nitrogen and oxygen atoms in total. The van der Waals surface area contributed by atoms with Crippen LogP contribution in [0.15, 0.2) is 30.3 Å². The van der Waals surface area contributed by atoms with Crippen molar-refractivity contribution in [3.8, 4) is 0 Å². The molecule has 1 unspecified atom stereocenters. The van der Waals surface area contributed by atoms with Crippen LogP contribution in [0.2, 0.25) is 0 Å². The third-order valence-electron chi connectivity index (χ3n) is 4.22. The van der Waals surface area contributed by atoms with Gasteiger partial charge in [0.15, 0.2) is 6.10 Å². The van der Waals surface area contributed by atoms with Crippen LogP contribution in [0.1, 0.15) is 24.8 Å². The predicted octanol–water partition coefficient (Wildman–Crippen LogP) is 2.26. The average molecular weight is 259 g/mol. The minimum atomic E-state index is -0.110. The molecule has 2 heterocycles. The SMILES string of the molecule is O=C(C1CO1)N1CCC(CCc2ccccc2)CC1. The second-order valence-corrected chi connectivity index (χ2v) is 5.61. The number of rotatable bonds is 4. The van der Waals surface area contributed by atoms with E-state index in [2.05, 4.69) is 30.3 Å². The quantitative estimate of drug-likeness (QED) is 0.777. The Bertz CT molecular complexity index is 420. The Morgan fingerprint density at radius 1 is 1.21 bits per heavy atom. The number of hydrogen-bond donors (Lipinski definition) is 0. The van der Waals surface area contributed by atoms with Crippen molar-refractivity contribution in [2.45, 2.75) is 31.8 Å². The molecule has 2 fully saturated rings. The Hall–Kier alpha value is -1.35. The van der Waals surface area contributed by atoms with Gasteiger partial charge in [0.05, 0.1) is 6.61 Å². The van der Waals surface area contributed by atoms with Crippen LogP contribution in [-0.4, -0.2) is 36.6 Å². The van der Waals surface area contributed by atoms with Gasteiger partial charge < -0.3 is 9.64 Å². The lowest BCUT2D eigenvalue weighted by molar-refractivity contribution is -0.133. The summed E-state index contributed by atoms with van der Waals surface area (Å²) in [4.78, 5) is 13.8. The number of likely N-dealkylation sites (tertiary alicyclic amines) is 1. The van der Waals surface area contributed by atoms with E-state index in [1.165, 1.54) is 12.0 Å². The van der Waals surface area contributed by atoms with E-state index in [0.717, 1.165) is 38.3 Å². The van der Waals surface area contributed by atoms with Crippen LogP contribution >= 0.6 is 0 Å². The highest BCUT2D eigenvalue weighted by Gasteiger charge is 2.36. The lowest BCUT2D eigenvalue weighted by Crippen LogP contribution is -2.40. The number of aryl methyl sites for hydroxylation is 1. The van der Waals surface area contributed by atoms with Gasteiger partial charge in [-0.2, -0.15) is 0 Å².